The molecule has 0 aromatic carbocycles. The van der Waals surface area contributed by atoms with Gasteiger partial charge in [0, 0.05) is 39.1 Å². The third-order valence-electron chi connectivity index (χ3n) is 3.76. The van der Waals surface area contributed by atoms with Crippen LogP contribution in [-0.4, -0.2) is 56.1 Å². The zero-order valence-electron chi connectivity index (χ0n) is 12.7. The second-order valence-corrected chi connectivity index (χ2v) is 5.38. The SMILES string of the molecule is COC(=O)C1CCN(c2ccnc(C(=O)N(C)C)c2)CC1. The van der Waals surface area contributed by atoms with Gasteiger partial charge in [-0.2, -0.15) is 0 Å². The fourth-order valence-electron chi connectivity index (χ4n) is 2.50. The lowest BCUT2D eigenvalue weighted by atomic mass is 9.96. The molecule has 1 fully saturated rings. The zero-order valence-corrected chi connectivity index (χ0v) is 12.7. The molecule has 0 unspecified atom stereocenters. The van der Waals surface area contributed by atoms with E-state index < -0.39 is 0 Å². The van der Waals surface area contributed by atoms with Crippen LogP contribution < -0.4 is 4.90 Å². The molecule has 2 rings (SSSR count). The number of ether oxygens (including phenoxy) is 1. The fourth-order valence-corrected chi connectivity index (χ4v) is 2.50. The van der Waals surface area contributed by atoms with Crippen molar-refractivity contribution in [2.75, 3.05) is 39.2 Å². The number of anilines is 1. The summed E-state index contributed by atoms with van der Waals surface area (Å²) in [5.74, 6) is -0.259. The molecule has 1 aliphatic heterocycles. The largest absolute Gasteiger partial charge is 0.469 e. The van der Waals surface area contributed by atoms with Crippen LogP contribution in [0.15, 0.2) is 18.3 Å². The Morgan fingerprint density at radius 3 is 2.57 bits per heavy atom. The fraction of sp³-hybridized carbons (Fsp3) is 0.533. The van der Waals surface area contributed by atoms with Crippen molar-refractivity contribution in [3.63, 3.8) is 0 Å². The highest BCUT2D eigenvalue weighted by molar-refractivity contribution is 5.92. The summed E-state index contributed by atoms with van der Waals surface area (Å²) in [7, 11) is 4.84. The Kier molecular flexibility index (Phi) is 4.77. The lowest BCUT2D eigenvalue weighted by Gasteiger charge is -2.32. The van der Waals surface area contributed by atoms with E-state index in [1.165, 1.54) is 12.0 Å². The number of carbonyl (C=O) groups is 2. The maximum Gasteiger partial charge on any atom is 0.308 e. The molecule has 0 radical (unpaired) electrons. The van der Waals surface area contributed by atoms with E-state index in [2.05, 4.69) is 9.88 Å². The van der Waals surface area contributed by atoms with Gasteiger partial charge in [-0.15, -0.1) is 0 Å². The van der Waals surface area contributed by atoms with Crippen LogP contribution in [0.5, 0.6) is 0 Å². The number of methoxy groups -OCH3 is 1. The average molecular weight is 291 g/mol. The molecule has 114 valence electrons. The molecule has 1 saturated heterocycles. The zero-order chi connectivity index (χ0) is 15.4. The summed E-state index contributed by atoms with van der Waals surface area (Å²) < 4.78 is 4.79. The van der Waals surface area contributed by atoms with Gasteiger partial charge in [-0.05, 0) is 25.0 Å². The predicted molar refractivity (Wildman–Crippen MR) is 79.2 cm³/mol. The van der Waals surface area contributed by atoms with Crippen molar-refractivity contribution in [2.45, 2.75) is 12.8 Å². The molecule has 21 heavy (non-hydrogen) atoms. The van der Waals surface area contributed by atoms with Crippen LogP contribution in [0.1, 0.15) is 23.3 Å². The van der Waals surface area contributed by atoms with E-state index in [0.717, 1.165) is 31.6 Å². The second kappa shape index (κ2) is 6.56. The van der Waals surface area contributed by atoms with Gasteiger partial charge in [0.15, 0.2) is 0 Å². The van der Waals surface area contributed by atoms with Crippen LogP contribution >= 0.6 is 0 Å². The molecule has 1 aliphatic rings. The van der Waals surface area contributed by atoms with Gasteiger partial charge in [0.25, 0.3) is 5.91 Å². The van der Waals surface area contributed by atoms with Crippen molar-refractivity contribution in [2.24, 2.45) is 5.92 Å². The molecule has 6 heteroatoms. The Morgan fingerprint density at radius 1 is 1.33 bits per heavy atom. The summed E-state index contributed by atoms with van der Waals surface area (Å²) >= 11 is 0. The van der Waals surface area contributed by atoms with Gasteiger partial charge in [-0.25, -0.2) is 0 Å². The number of esters is 1. The first-order valence-corrected chi connectivity index (χ1v) is 7.03. The third-order valence-corrected chi connectivity index (χ3v) is 3.76. The summed E-state index contributed by atoms with van der Waals surface area (Å²) in [4.78, 5) is 31.3. The van der Waals surface area contributed by atoms with Gasteiger partial charge in [0.05, 0.1) is 13.0 Å². The summed E-state index contributed by atoms with van der Waals surface area (Å²) in [5.41, 5.74) is 1.41. The molecule has 1 aromatic rings. The number of aromatic nitrogens is 1. The van der Waals surface area contributed by atoms with Gasteiger partial charge in [0.2, 0.25) is 0 Å². The van der Waals surface area contributed by atoms with E-state index in [1.807, 2.05) is 6.07 Å². The quantitative estimate of drug-likeness (QED) is 0.782. The number of amides is 1. The van der Waals surface area contributed by atoms with Crippen LogP contribution in [0.2, 0.25) is 0 Å². The Balaban J connectivity index is 2.05. The number of hydrogen-bond acceptors (Lipinski definition) is 5. The number of hydrogen-bond donors (Lipinski definition) is 0. The maximum atomic E-state index is 11.9. The van der Waals surface area contributed by atoms with Gasteiger partial charge < -0.3 is 14.5 Å². The first-order chi connectivity index (χ1) is 10.0. The Labute approximate surface area is 124 Å². The molecule has 0 N–H and O–H groups in total. The van der Waals surface area contributed by atoms with Gasteiger partial charge >= 0.3 is 5.97 Å². The van der Waals surface area contributed by atoms with Gasteiger partial charge in [0.1, 0.15) is 5.69 Å². The lowest BCUT2D eigenvalue weighted by Crippen LogP contribution is -2.37. The molecular formula is C15H21N3O3. The standard InChI is InChI=1S/C15H21N3O3/c1-17(2)14(19)13-10-12(4-7-16-13)18-8-5-11(6-9-18)15(20)21-3/h4,7,10-11H,5-6,8-9H2,1-3H3. The minimum atomic E-state index is -0.132. The first kappa shape index (κ1) is 15.3. The maximum absolute atomic E-state index is 11.9. The van der Waals surface area contributed by atoms with Gasteiger partial charge in [-0.1, -0.05) is 0 Å². The number of carbonyl (C=O) groups excluding carboxylic acids is 2. The van der Waals surface area contributed by atoms with Crippen molar-refractivity contribution in [3.8, 4) is 0 Å². The lowest BCUT2D eigenvalue weighted by molar-refractivity contribution is -0.146. The molecule has 0 bridgehead atoms. The average Bonchev–Trinajstić information content (AvgIpc) is 2.53. The molecule has 6 nitrogen and oxygen atoms in total. The van der Waals surface area contributed by atoms with Crippen molar-refractivity contribution in [3.05, 3.63) is 24.0 Å². The third kappa shape index (κ3) is 3.51. The highest BCUT2D eigenvalue weighted by Gasteiger charge is 2.26. The van der Waals surface area contributed by atoms with Crippen LogP contribution in [-0.2, 0) is 9.53 Å². The first-order valence-electron chi connectivity index (χ1n) is 7.03. The monoisotopic (exact) mass is 291 g/mol. The Bertz CT molecular complexity index is 523. The molecular weight excluding hydrogens is 270 g/mol. The molecule has 0 atom stereocenters. The number of rotatable bonds is 3. The molecule has 0 aliphatic carbocycles. The van der Waals surface area contributed by atoms with E-state index in [9.17, 15) is 9.59 Å². The minimum Gasteiger partial charge on any atom is -0.469 e. The smallest absolute Gasteiger partial charge is 0.308 e. The number of pyridine rings is 1. The van der Waals surface area contributed by atoms with E-state index in [-0.39, 0.29) is 17.8 Å². The summed E-state index contributed by atoms with van der Waals surface area (Å²) in [6.07, 6.45) is 3.19. The van der Waals surface area contributed by atoms with Crippen LogP contribution in [0.3, 0.4) is 0 Å². The number of piperidine rings is 1. The van der Waals surface area contributed by atoms with Crippen LogP contribution in [0.4, 0.5) is 5.69 Å². The van der Waals surface area contributed by atoms with E-state index >= 15 is 0 Å². The number of nitrogens with zero attached hydrogens (tertiary/aromatic N) is 3. The Hall–Kier alpha value is -2.11. The van der Waals surface area contributed by atoms with Crippen LogP contribution in [0, 0.1) is 5.92 Å². The molecule has 1 aromatic heterocycles. The molecule has 1 amide bonds. The van der Waals surface area contributed by atoms with E-state index in [4.69, 9.17) is 4.74 Å². The normalized spacial score (nSPS) is 15.7. The van der Waals surface area contributed by atoms with Crippen LogP contribution in [0.25, 0.3) is 0 Å². The molecule has 0 spiro atoms. The molecule has 0 saturated carbocycles. The topological polar surface area (TPSA) is 62.7 Å². The van der Waals surface area contributed by atoms with Crippen molar-refractivity contribution < 1.29 is 14.3 Å². The van der Waals surface area contributed by atoms with E-state index in [1.54, 1.807) is 26.4 Å². The second-order valence-electron chi connectivity index (χ2n) is 5.38. The highest BCUT2D eigenvalue weighted by atomic mass is 16.5. The highest BCUT2D eigenvalue weighted by Crippen LogP contribution is 2.24. The predicted octanol–water partition coefficient (Wildman–Crippen LogP) is 1.17. The minimum absolute atomic E-state index is 0.0176. The summed E-state index contributed by atoms with van der Waals surface area (Å²) in [6.45, 7) is 1.55. The summed E-state index contributed by atoms with van der Waals surface area (Å²) in [5, 5.41) is 0. The van der Waals surface area contributed by atoms with Crippen molar-refractivity contribution >= 4 is 17.6 Å². The van der Waals surface area contributed by atoms with Crippen molar-refractivity contribution in [1.82, 2.24) is 9.88 Å². The van der Waals surface area contributed by atoms with Gasteiger partial charge in [-0.3, -0.25) is 14.6 Å². The van der Waals surface area contributed by atoms with Crippen molar-refractivity contribution in [1.29, 1.82) is 0 Å². The van der Waals surface area contributed by atoms with E-state index in [0.29, 0.717) is 5.69 Å². The Morgan fingerprint density at radius 2 is 2.00 bits per heavy atom. The summed E-state index contributed by atoms with van der Waals surface area (Å²) in [6, 6.07) is 3.70. The molecule has 2 heterocycles.